The number of rotatable bonds is 9. The summed E-state index contributed by atoms with van der Waals surface area (Å²) in [6, 6.07) is 15.7. The van der Waals surface area contributed by atoms with Crippen LogP contribution in [0.25, 0.3) is 11.1 Å². The predicted molar refractivity (Wildman–Crippen MR) is 129 cm³/mol. The van der Waals surface area contributed by atoms with Crippen molar-refractivity contribution >= 4 is 34.4 Å². The van der Waals surface area contributed by atoms with Crippen LogP contribution in [0.15, 0.2) is 54.7 Å². The number of anilines is 1. The summed E-state index contributed by atoms with van der Waals surface area (Å²) < 4.78 is 5.50. The summed E-state index contributed by atoms with van der Waals surface area (Å²) in [5.41, 5.74) is 4.53. The summed E-state index contributed by atoms with van der Waals surface area (Å²) in [6.45, 7) is 2.09. The van der Waals surface area contributed by atoms with Gasteiger partial charge in [-0.25, -0.2) is 9.78 Å². The molecule has 2 aromatic carbocycles. The number of ether oxygens (including phenoxy) is 1. The average molecular weight is 480 g/mol. The third-order valence-corrected chi connectivity index (χ3v) is 6.59. The molecule has 0 fully saturated rings. The minimum Gasteiger partial charge on any atom is -0.481 e. The van der Waals surface area contributed by atoms with E-state index in [1.54, 1.807) is 0 Å². The van der Waals surface area contributed by atoms with Crippen LogP contribution in [0.4, 0.5) is 9.93 Å². The van der Waals surface area contributed by atoms with Crippen molar-refractivity contribution in [3.8, 4) is 11.1 Å². The fourth-order valence-electron chi connectivity index (χ4n) is 4.20. The first-order valence-corrected chi connectivity index (χ1v) is 11.9. The molecule has 3 aromatic rings. The van der Waals surface area contributed by atoms with Crippen LogP contribution in [0.2, 0.25) is 0 Å². The number of carboxylic acid groups (broad SMARTS) is 1. The lowest BCUT2D eigenvalue weighted by Gasteiger charge is -2.15. The van der Waals surface area contributed by atoms with E-state index in [0.717, 1.165) is 40.0 Å². The van der Waals surface area contributed by atoms with Crippen molar-refractivity contribution in [3.63, 3.8) is 0 Å². The van der Waals surface area contributed by atoms with Gasteiger partial charge in [0.2, 0.25) is 0 Å². The van der Waals surface area contributed by atoms with Crippen molar-refractivity contribution in [1.82, 2.24) is 10.3 Å². The maximum atomic E-state index is 12.5. The number of thiazole rings is 1. The number of carbonyl (C=O) groups excluding carboxylic acids is 2. The molecule has 1 aromatic heterocycles. The van der Waals surface area contributed by atoms with E-state index >= 15 is 0 Å². The molecule has 0 radical (unpaired) electrons. The van der Waals surface area contributed by atoms with Gasteiger partial charge in [-0.15, -0.1) is 0 Å². The largest absolute Gasteiger partial charge is 0.481 e. The maximum absolute atomic E-state index is 12.5. The Labute approximate surface area is 201 Å². The Morgan fingerprint density at radius 3 is 2.35 bits per heavy atom. The molecule has 0 unspecified atom stereocenters. The van der Waals surface area contributed by atoms with E-state index < -0.39 is 24.0 Å². The lowest BCUT2D eigenvalue weighted by Crippen LogP contribution is -2.36. The van der Waals surface area contributed by atoms with E-state index in [0.29, 0.717) is 6.42 Å². The van der Waals surface area contributed by atoms with Gasteiger partial charge < -0.3 is 15.2 Å². The van der Waals surface area contributed by atoms with Crippen LogP contribution in [0.1, 0.15) is 52.9 Å². The minimum atomic E-state index is -0.972. The number of hydrogen-bond donors (Lipinski definition) is 3. The SMILES string of the molecule is CCC[C@H](CC(=O)O)NC(=O)c1cnc(NC(=O)OCC2c3ccccc3-c3ccccc32)s1. The lowest BCUT2D eigenvalue weighted by atomic mass is 9.98. The zero-order chi connectivity index (χ0) is 24.1. The molecule has 1 atom stereocenters. The summed E-state index contributed by atoms with van der Waals surface area (Å²) in [4.78, 5) is 40.2. The molecule has 1 aliphatic rings. The van der Waals surface area contributed by atoms with Crippen LogP contribution < -0.4 is 10.6 Å². The molecule has 176 valence electrons. The predicted octanol–water partition coefficient (Wildman–Crippen LogP) is 4.88. The molecule has 0 saturated heterocycles. The van der Waals surface area contributed by atoms with Gasteiger partial charge in [0.15, 0.2) is 5.13 Å². The molecule has 0 spiro atoms. The highest BCUT2D eigenvalue weighted by molar-refractivity contribution is 7.17. The Morgan fingerprint density at radius 2 is 1.74 bits per heavy atom. The molecule has 2 amide bonds. The van der Waals surface area contributed by atoms with Gasteiger partial charge in [0.25, 0.3) is 5.91 Å². The number of aliphatic carboxylic acids is 1. The fourth-order valence-corrected chi connectivity index (χ4v) is 4.90. The van der Waals surface area contributed by atoms with Crippen molar-refractivity contribution in [1.29, 1.82) is 0 Å². The van der Waals surface area contributed by atoms with Crippen LogP contribution in [-0.2, 0) is 9.53 Å². The van der Waals surface area contributed by atoms with Crippen LogP contribution in [-0.4, -0.2) is 40.7 Å². The van der Waals surface area contributed by atoms with Crippen molar-refractivity contribution in [2.45, 2.75) is 38.1 Å². The fraction of sp³-hybridized carbons (Fsp3) is 0.280. The highest BCUT2D eigenvalue weighted by Crippen LogP contribution is 2.44. The molecule has 9 heteroatoms. The highest BCUT2D eigenvalue weighted by Gasteiger charge is 2.29. The molecule has 3 N–H and O–H groups in total. The zero-order valence-corrected chi connectivity index (χ0v) is 19.4. The normalized spacial score (nSPS) is 13.0. The monoisotopic (exact) mass is 479 g/mol. The number of fused-ring (bicyclic) bond motifs is 3. The van der Waals surface area contributed by atoms with Gasteiger partial charge in [-0.05, 0) is 28.7 Å². The smallest absolute Gasteiger partial charge is 0.413 e. The van der Waals surface area contributed by atoms with Gasteiger partial charge >= 0.3 is 12.1 Å². The van der Waals surface area contributed by atoms with Gasteiger partial charge in [0, 0.05) is 12.0 Å². The Hall–Kier alpha value is -3.72. The lowest BCUT2D eigenvalue weighted by molar-refractivity contribution is -0.137. The van der Waals surface area contributed by atoms with Crippen molar-refractivity contribution < 1.29 is 24.2 Å². The molecule has 0 aliphatic heterocycles. The summed E-state index contributed by atoms with van der Waals surface area (Å²) in [7, 11) is 0. The molecule has 1 heterocycles. The van der Waals surface area contributed by atoms with Gasteiger partial charge in [-0.2, -0.15) is 0 Å². The topological polar surface area (TPSA) is 118 Å². The molecule has 0 bridgehead atoms. The number of nitrogens with zero attached hydrogens (tertiary/aromatic N) is 1. The van der Waals surface area contributed by atoms with Crippen LogP contribution in [0.3, 0.4) is 0 Å². The number of nitrogens with one attached hydrogen (secondary N) is 2. The van der Waals surface area contributed by atoms with Gasteiger partial charge in [-0.1, -0.05) is 73.2 Å². The second kappa shape index (κ2) is 10.5. The number of benzene rings is 2. The van der Waals surface area contributed by atoms with Crippen LogP contribution >= 0.6 is 11.3 Å². The minimum absolute atomic E-state index is 0.0551. The molecule has 4 rings (SSSR count). The molecular weight excluding hydrogens is 454 g/mol. The number of hydrogen-bond acceptors (Lipinski definition) is 6. The van der Waals surface area contributed by atoms with E-state index in [2.05, 4.69) is 27.8 Å². The summed E-state index contributed by atoms with van der Waals surface area (Å²) in [5, 5.41) is 14.5. The second-order valence-corrected chi connectivity index (χ2v) is 9.07. The molecule has 1 aliphatic carbocycles. The Kier molecular flexibility index (Phi) is 7.22. The standard InChI is InChI=1S/C25H25N3O5S/c1-2-7-15(12-22(29)30)27-23(31)21-13-26-24(34-21)28-25(32)33-14-20-18-10-5-3-8-16(18)17-9-4-6-11-19(17)20/h3-6,8-11,13,15,20H,2,7,12,14H2,1H3,(H,27,31)(H,29,30)(H,26,28,32)/t15-/m1/s1. The Bertz CT molecular complexity index is 1160. The van der Waals surface area contributed by atoms with Gasteiger partial charge in [0.1, 0.15) is 11.5 Å². The highest BCUT2D eigenvalue weighted by atomic mass is 32.1. The van der Waals surface area contributed by atoms with Gasteiger partial charge in [-0.3, -0.25) is 14.9 Å². The quantitative estimate of drug-likeness (QED) is 0.403. The third kappa shape index (κ3) is 5.26. The third-order valence-electron chi connectivity index (χ3n) is 5.68. The molecular formula is C25H25N3O5S. The average Bonchev–Trinajstić information content (AvgIpc) is 3.40. The summed E-state index contributed by atoms with van der Waals surface area (Å²) in [6.07, 6.45) is 1.85. The van der Waals surface area contributed by atoms with E-state index in [1.165, 1.54) is 6.20 Å². The summed E-state index contributed by atoms with van der Waals surface area (Å²) in [5.74, 6) is -1.45. The second-order valence-electron chi connectivity index (χ2n) is 8.04. The first-order valence-electron chi connectivity index (χ1n) is 11.1. The van der Waals surface area contributed by atoms with Crippen LogP contribution in [0.5, 0.6) is 0 Å². The van der Waals surface area contributed by atoms with E-state index in [4.69, 9.17) is 9.84 Å². The number of carbonyl (C=O) groups is 3. The van der Waals surface area contributed by atoms with Crippen molar-refractivity contribution in [3.05, 3.63) is 70.7 Å². The van der Waals surface area contributed by atoms with E-state index in [1.807, 2.05) is 43.3 Å². The number of aromatic nitrogens is 1. The van der Waals surface area contributed by atoms with Crippen molar-refractivity contribution in [2.75, 3.05) is 11.9 Å². The first kappa shape index (κ1) is 23.4. The van der Waals surface area contributed by atoms with E-state index in [-0.39, 0.29) is 29.0 Å². The van der Waals surface area contributed by atoms with Gasteiger partial charge in [0.05, 0.1) is 12.6 Å². The zero-order valence-electron chi connectivity index (χ0n) is 18.6. The first-order chi connectivity index (χ1) is 16.5. The molecule has 34 heavy (non-hydrogen) atoms. The Balaban J connectivity index is 1.35. The molecule has 0 saturated carbocycles. The van der Waals surface area contributed by atoms with Crippen molar-refractivity contribution in [2.24, 2.45) is 0 Å². The molecule has 8 nitrogen and oxygen atoms in total. The number of amides is 2. The summed E-state index contributed by atoms with van der Waals surface area (Å²) >= 11 is 1.00. The maximum Gasteiger partial charge on any atom is 0.413 e. The Morgan fingerprint density at radius 1 is 1.09 bits per heavy atom. The van der Waals surface area contributed by atoms with Crippen LogP contribution in [0, 0.1) is 0 Å². The van der Waals surface area contributed by atoms with E-state index in [9.17, 15) is 14.4 Å². The number of carboxylic acids is 1.